The van der Waals surface area contributed by atoms with E-state index < -0.39 is 0 Å². The van der Waals surface area contributed by atoms with Gasteiger partial charge in [-0.1, -0.05) is 6.07 Å². The minimum absolute atomic E-state index is 0.947. The summed E-state index contributed by atoms with van der Waals surface area (Å²) < 4.78 is 0. The zero-order valence-corrected chi connectivity index (χ0v) is 16.5. The Morgan fingerprint density at radius 1 is 0.679 bits per heavy atom. The standard InChI is InChI=1S/C24H28N4/c1-5-13-27(14-6-1)19-10-11-21-20(17-19)24(28-15-7-2-8-16-28)18-23(26-21)22-9-3-4-12-25-22/h3-4,9-12,17-18H,1-2,5-8,13-16H2. The third kappa shape index (κ3) is 3.44. The topological polar surface area (TPSA) is 32.3 Å². The van der Waals surface area contributed by atoms with Crippen LogP contribution in [0.4, 0.5) is 11.4 Å². The summed E-state index contributed by atoms with van der Waals surface area (Å²) in [7, 11) is 0. The fourth-order valence-corrected chi connectivity index (χ4v) is 4.59. The number of benzene rings is 1. The molecule has 0 spiro atoms. The maximum absolute atomic E-state index is 4.98. The van der Waals surface area contributed by atoms with Crippen molar-refractivity contribution in [3.05, 3.63) is 48.7 Å². The zero-order chi connectivity index (χ0) is 18.8. The fourth-order valence-electron chi connectivity index (χ4n) is 4.59. The van der Waals surface area contributed by atoms with Gasteiger partial charge in [-0.15, -0.1) is 0 Å². The molecular formula is C24H28N4. The van der Waals surface area contributed by atoms with Crippen molar-refractivity contribution in [2.75, 3.05) is 36.0 Å². The first-order valence-electron chi connectivity index (χ1n) is 10.7. The van der Waals surface area contributed by atoms with E-state index in [1.165, 1.54) is 68.4 Å². The molecule has 2 fully saturated rings. The predicted octanol–water partition coefficient (Wildman–Crippen LogP) is 5.28. The molecular weight excluding hydrogens is 344 g/mol. The third-order valence-electron chi connectivity index (χ3n) is 6.12. The molecule has 4 heteroatoms. The molecule has 2 saturated heterocycles. The van der Waals surface area contributed by atoms with Crippen LogP contribution < -0.4 is 9.80 Å². The van der Waals surface area contributed by atoms with Gasteiger partial charge < -0.3 is 9.80 Å². The van der Waals surface area contributed by atoms with Crippen molar-refractivity contribution in [1.29, 1.82) is 0 Å². The van der Waals surface area contributed by atoms with E-state index in [0.29, 0.717) is 0 Å². The lowest BCUT2D eigenvalue weighted by Gasteiger charge is -2.32. The van der Waals surface area contributed by atoms with Gasteiger partial charge in [0.1, 0.15) is 0 Å². The molecule has 0 amide bonds. The summed E-state index contributed by atoms with van der Waals surface area (Å²) in [6.45, 7) is 4.61. The Bertz CT molecular complexity index is 941. The zero-order valence-electron chi connectivity index (χ0n) is 16.5. The van der Waals surface area contributed by atoms with Gasteiger partial charge in [0.2, 0.25) is 0 Å². The fraction of sp³-hybridized carbons (Fsp3) is 0.417. The van der Waals surface area contributed by atoms with Crippen LogP contribution in [0.25, 0.3) is 22.3 Å². The molecule has 0 saturated carbocycles. The van der Waals surface area contributed by atoms with Crippen molar-refractivity contribution in [3.63, 3.8) is 0 Å². The average Bonchev–Trinajstić information content (AvgIpc) is 2.80. The van der Waals surface area contributed by atoms with Gasteiger partial charge in [-0.3, -0.25) is 4.98 Å². The van der Waals surface area contributed by atoms with Crippen molar-refractivity contribution in [1.82, 2.24) is 9.97 Å². The molecule has 1 aromatic carbocycles. The SMILES string of the molecule is c1ccc(-c2cc(N3CCCCC3)c3cc(N4CCCCC4)ccc3n2)nc1. The number of fused-ring (bicyclic) bond motifs is 1. The van der Waals surface area contributed by atoms with Crippen LogP contribution in [0.3, 0.4) is 0 Å². The van der Waals surface area contributed by atoms with Crippen LogP contribution in [0.5, 0.6) is 0 Å². The molecule has 2 aromatic heterocycles. The van der Waals surface area contributed by atoms with Crippen LogP contribution in [-0.4, -0.2) is 36.1 Å². The number of rotatable bonds is 3. The number of pyridine rings is 2. The van der Waals surface area contributed by atoms with Gasteiger partial charge in [-0.05, 0) is 74.9 Å². The molecule has 0 N–H and O–H groups in total. The van der Waals surface area contributed by atoms with Crippen LogP contribution in [-0.2, 0) is 0 Å². The summed E-state index contributed by atoms with van der Waals surface area (Å²) in [6, 6.07) is 15.1. The van der Waals surface area contributed by atoms with E-state index in [0.717, 1.165) is 30.0 Å². The maximum Gasteiger partial charge on any atom is 0.0914 e. The Balaban J connectivity index is 1.63. The van der Waals surface area contributed by atoms with Gasteiger partial charge in [0.25, 0.3) is 0 Å². The summed E-state index contributed by atoms with van der Waals surface area (Å²) >= 11 is 0. The smallest absolute Gasteiger partial charge is 0.0914 e. The number of aromatic nitrogens is 2. The van der Waals surface area contributed by atoms with E-state index in [2.05, 4.69) is 45.1 Å². The first kappa shape index (κ1) is 17.5. The van der Waals surface area contributed by atoms with Gasteiger partial charge in [0.05, 0.1) is 16.9 Å². The van der Waals surface area contributed by atoms with Gasteiger partial charge >= 0.3 is 0 Å². The minimum atomic E-state index is 0.947. The lowest BCUT2D eigenvalue weighted by molar-refractivity contribution is 0.577. The Labute approximate surface area is 167 Å². The van der Waals surface area contributed by atoms with Crippen LogP contribution in [0, 0.1) is 0 Å². The van der Waals surface area contributed by atoms with Crippen molar-refractivity contribution in [2.45, 2.75) is 38.5 Å². The molecule has 4 nitrogen and oxygen atoms in total. The lowest BCUT2D eigenvalue weighted by atomic mass is 10.0. The monoisotopic (exact) mass is 372 g/mol. The molecule has 28 heavy (non-hydrogen) atoms. The Kier molecular flexibility index (Phi) is 4.86. The summed E-state index contributed by atoms with van der Waals surface area (Å²) in [5, 5.41) is 1.28. The molecule has 0 radical (unpaired) electrons. The van der Waals surface area contributed by atoms with Crippen molar-refractivity contribution >= 4 is 22.3 Å². The lowest BCUT2D eigenvalue weighted by Crippen LogP contribution is -2.30. The molecule has 2 aliphatic rings. The second-order valence-corrected chi connectivity index (χ2v) is 8.04. The Hall–Kier alpha value is -2.62. The quantitative estimate of drug-likeness (QED) is 0.626. The third-order valence-corrected chi connectivity index (χ3v) is 6.12. The van der Waals surface area contributed by atoms with E-state index >= 15 is 0 Å². The van der Waals surface area contributed by atoms with Crippen LogP contribution >= 0.6 is 0 Å². The van der Waals surface area contributed by atoms with E-state index in [4.69, 9.17) is 4.98 Å². The van der Waals surface area contributed by atoms with Crippen molar-refractivity contribution < 1.29 is 0 Å². The normalized spacial score (nSPS) is 17.9. The van der Waals surface area contributed by atoms with E-state index in [9.17, 15) is 0 Å². The molecule has 0 bridgehead atoms. The van der Waals surface area contributed by atoms with Crippen molar-refractivity contribution in [3.8, 4) is 11.4 Å². The molecule has 3 aromatic rings. The van der Waals surface area contributed by atoms with Gasteiger partial charge in [-0.25, -0.2) is 4.98 Å². The molecule has 0 atom stereocenters. The van der Waals surface area contributed by atoms with Gasteiger partial charge in [0.15, 0.2) is 0 Å². The van der Waals surface area contributed by atoms with E-state index in [1.807, 2.05) is 18.3 Å². The molecule has 144 valence electrons. The second-order valence-electron chi connectivity index (χ2n) is 8.04. The molecule has 5 rings (SSSR count). The van der Waals surface area contributed by atoms with Gasteiger partial charge in [0, 0.05) is 49.1 Å². The molecule has 2 aliphatic heterocycles. The van der Waals surface area contributed by atoms with E-state index in [1.54, 1.807) is 0 Å². The number of hydrogen-bond donors (Lipinski definition) is 0. The molecule has 0 aliphatic carbocycles. The molecule has 0 unspecified atom stereocenters. The summed E-state index contributed by atoms with van der Waals surface area (Å²) in [6.07, 6.45) is 9.69. The number of hydrogen-bond acceptors (Lipinski definition) is 4. The minimum Gasteiger partial charge on any atom is -0.372 e. The highest BCUT2D eigenvalue weighted by atomic mass is 15.1. The maximum atomic E-state index is 4.98. The van der Waals surface area contributed by atoms with Crippen LogP contribution in [0.15, 0.2) is 48.7 Å². The average molecular weight is 373 g/mol. The van der Waals surface area contributed by atoms with Crippen LogP contribution in [0.1, 0.15) is 38.5 Å². The summed E-state index contributed by atoms with van der Waals surface area (Å²) in [4.78, 5) is 14.6. The summed E-state index contributed by atoms with van der Waals surface area (Å²) in [5.74, 6) is 0. The van der Waals surface area contributed by atoms with E-state index in [-0.39, 0.29) is 0 Å². The first-order chi connectivity index (χ1) is 13.9. The predicted molar refractivity (Wildman–Crippen MR) is 117 cm³/mol. The second kappa shape index (κ2) is 7.78. The highest BCUT2D eigenvalue weighted by Crippen LogP contribution is 2.34. The highest BCUT2D eigenvalue weighted by molar-refractivity contribution is 5.96. The van der Waals surface area contributed by atoms with Crippen LogP contribution in [0.2, 0.25) is 0 Å². The summed E-state index contributed by atoms with van der Waals surface area (Å²) in [5.41, 5.74) is 5.66. The number of nitrogens with zero attached hydrogens (tertiary/aromatic N) is 4. The van der Waals surface area contributed by atoms with Gasteiger partial charge in [-0.2, -0.15) is 0 Å². The number of piperidine rings is 2. The van der Waals surface area contributed by atoms with Crippen molar-refractivity contribution in [2.24, 2.45) is 0 Å². The number of anilines is 2. The molecule has 4 heterocycles. The Morgan fingerprint density at radius 2 is 1.43 bits per heavy atom. The Morgan fingerprint density at radius 3 is 2.14 bits per heavy atom. The highest BCUT2D eigenvalue weighted by Gasteiger charge is 2.18. The largest absolute Gasteiger partial charge is 0.372 e. The first-order valence-corrected chi connectivity index (χ1v) is 10.7.